The number of likely N-dealkylation sites (tertiary alicyclic amines) is 1. The van der Waals surface area contributed by atoms with Crippen LogP contribution in [0.3, 0.4) is 0 Å². The zero-order valence-electron chi connectivity index (χ0n) is 15.5. The summed E-state index contributed by atoms with van der Waals surface area (Å²) in [6.07, 6.45) is 2.28. The lowest BCUT2D eigenvalue weighted by Gasteiger charge is -2.37. The van der Waals surface area contributed by atoms with E-state index in [1.54, 1.807) is 0 Å². The van der Waals surface area contributed by atoms with Gasteiger partial charge in [-0.15, -0.1) is 12.4 Å². The summed E-state index contributed by atoms with van der Waals surface area (Å²) < 4.78 is 0. The van der Waals surface area contributed by atoms with Crippen LogP contribution in [0.5, 0.6) is 0 Å². The standard InChI is InChI=1S/C19H28ClN3O2.ClH/c1-19(2,12-14-5-3-7-16(20)11-14)18(25)23-10-4-6-15(13-23)17(24)22-9-8-21;/h3,5,7,11,15H,4,6,8-10,12-13,21H2,1-2H3,(H,22,24);1H. The first-order valence-electron chi connectivity index (χ1n) is 8.85. The van der Waals surface area contributed by atoms with Gasteiger partial charge in [0.1, 0.15) is 0 Å². The third-order valence-electron chi connectivity index (χ3n) is 4.64. The van der Waals surface area contributed by atoms with Gasteiger partial charge in [0, 0.05) is 36.6 Å². The Balaban J connectivity index is 0.00000338. The maximum absolute atomic E-state index is 13.0. The molecule has 1 aliphatic rings. The summed E-state index contributed by atoms with van der Waals surface area (Å²) in [7, 11) is 0. The summed E-state index contributed by atoms with van der Waals surface area (Å²) in [6.45, 7) is 5.99. The molecule has 26 heavy (non-hydrogen) atoms. The van der Waals surface area contributed by atoms with Crippen molar-refractivity contribution in [1.82, 2.24) is 10.2 Å². The normalized spacial score (nSPS) is 17.4. The minimum absolute atomic E-state index is 0. The number of piperidine rings is 1. The number of nitrogens with zero attached hydrogens (tertiary/aromatic N) is 1. The van der Waals surface area contributed by atoms with Gasteiger partial charge in [0.25, 0.3) is 0 Å². The largest absolute Gasteiger partial charge is 0.355 e. The Morgan fingerprint density at radius 3 is 2.77 bits per heavy atom. The number of nitrogens with two attached hydrogens (primary N) is 1. The number of halogens is 2. The van der Waals surface area contributed by atoms with Crippen LogP contribution >= 0.6 is 24.0 Å². The first kappa shape index (κ1) is 22.7. The molecule has 146 valence electrons. The lowest BCUT2D eigenvalue weighted by atomic mass is 9.83. The second-order valence-corrected chi connectivity index (χ2v) is 7.80. The highest BCUT2D eigenvalue weighted by molar-refractivity contribution is 6.30. The first-order valence-corrected chi connectivity index (χ1v) is 9.23. The van der Waals surface area contributed by atoms with Crippen LogP contribution in [0.25, 0.3) is 0 Å². The summed E-state index contributed by atoms with van der Waals surface area (Å²) in [6, 6.07) is 7.61. The van der Waals surface area contributed by atoms with Crippen molar-refractivity contribution >= 4 is 35.8 Å². The number of benzene rings is 1. The molecule has 0 bridgehead atoms. The molecular weight excluding hydrogens is 373 g/mol. The number of carbonyl (C=O) groups is 2. The Morgan fingerprint density at radius 1 is 1.38 bits per heavy atom. The highest BCUT2D eigenvalue weighted by Gasteiger charge is 2.36. The molecule has 2 amide bonds. The van der Waals surface area contributed by atoms with Gasteiger partial charge in [-0.25, -0.2) is 0 Å². The van der Waals surface area contributed by atoms with E-state index >= 15 is 0 Å². The van der Waals surface area contributed by atoms with Crippen molar-refractivity contribution in [1.29, 1.82) is 0 Å². The summed E-state index contributed by atoms with van der Waals surface area (Å²) in [5, 5.41) is 3.51. The maximum Gasteiger partial charge on any atom is 0.228 e. The van der Waals surface area contributed by atoms with E-state index < -0.39 is 5.41 Å². The lowest BCUT2D eigenvalue weighted by molar-refractivity contribution is -0.143. The second kappa shape index (κ2) is 10.1. The van der Waals surface area contributed by atoms with Gasteiger partial charge >= 0.3 is 0 Å². The van der Waals surface area contributed by atoms with E-state index in [-0.39, 0.29) is 30.1 Å². The number of hydrogen-bond donors (Lipinski definition) is 2. The van der Waals surface area contributed by atoms with Gasteiger partial charge in [0.15, 0.2) is 0 Å². The predicted octanol–water partition coefficient (Wildman–Crippen LogP) is 2.64. The fourth-order valence-electron chi connectivity index (χ4n) is 3.38. The number of nitrogens with one attached hydrogen (secondary N) is 1. The first-order chi connectivity index (χ1) is 11.8. The van der Waals surface area contributed by atoms with Gasteiger partial charge < -0.3 is 16.0 Å². The average Bonchev–Trinajstić information content (AvgIpc) is 2.58. The average molecular weight is 402 g/mol. The molecule has 0 aliphatic carbocycles. The predicted molar refractivity (Wildman–Crippen MR) is 108 cm³/mol. The number of carbonyl (C=O) groups excluding carboxylic acids is 2. The molecule has 1 aromatic rings. The van der Waals surface area contributed by atoms with Crippen molar-refractivity contribution < 1.29 is 9.59 Å². The minimum Gasteiger partial charge on any atom is -0.355 e. The molecule has 1 aliphatic heterocycles. The zero-order chi connectivity index (χ0) is 18.4. The SMILES string of the molecule is CC(C)(Cc1cccc(Cl)c1)C(=O)N1CCCC(C(=O)NCCN)C1.Cl. The van der Waals surface area contributed by atoms with E-state index in [2.05, 4.69) is 5.32 Å². The van der Waals surface area contributed by atoms with E-state index in [1.165, 1.54) is 0 Å². The molecule has 5 nitrogen and oxygen atoms in total. The smallest absolute Gasteiger partial charge is 0.228 e. The van der Waals surface area contributed by atoms with Crippen LogP contribution in [0.4, 0.5) is 0 Å². The van der Waals surface area contributed by atoms with Crippen LogP contribution in [0.15, 0.2) is 24.3 Å². The Labute approximate surface area is 167 Å². The van der Waals surface area contributed by atoms with Crippen molar-refractivity contribution in [2.75, 3.05) is 26.2 Å². The van der Waals surface area contributed by atoms with Crippen LogP contribution in [0.1, 0.15) is 32.3 Å². The fraction of sp³-hybridized carbons (Fsp3) is 0.579. The summed E-state index contributed by atoms with van der Waals surface area (Å²) >= 11 is 6.05. The van der Waals surface area contributed by atoms with E-state index in [9.17, 15) is 9.59 Å². The van der Waals surface area contributed by atoms with Crippen molar-refractivity contribution in [3.05, 3.63) is 34.9 Å². The Kier molecular flexibility index (Phi) is 8.87. The minimum atomic E-state index is -0.541. The van der Waals surface area contributed by atoms with Crippen LogP contribution < -0.4 is 11.1 Å². The molecule has 1 fully saturated rings. The third kappa shape index (κ3) is 6.15. The van der Waals surface area contributed by atoms with Crippen molar-refractivity contribution in [3.8, 4) is 0 Å². The van der Waals surface area contributed by atoms with Crippen LogP contribution in [0, 0.1) is 11.3 Å². The molecule has 7 heteroatoms. The van der Waals surface area contributed by atoms with Crippen LogP contribution in [-0.4, -0.2) is 42.9 Å². The van der Waals surface area contributed by atoms with E-state index in [1.807, 2.05) is 43.0 Å². The molecule has 0 spiro atoms. The fourth-order valence-corrected chi connectivity index (χ4v) is 3.59. The molecule has 1 saturated heterocycles. The quantitative estimate of drug-likeness (QED) is 0.768. The molecule has 0 radical (unpaired) electrons. The van der Waals surface area contributed by atoms with E-state index in [0.29, 0.717) is 37.6 Å². The molecule has 0 aromatic heterocycles. The van der Waals surface area contributed by atoms with E-state index in [4.69, 9.17) is 17.3 Å². The monoisotopic (exact) mass is 401 g/mol. The van der Waals surface area contributed by atoms with Gasteiger partial charge in [-0.1, -0.05) is 37.6 Å². The molecular formula is C19H29Cl2N3O2. The zero-order valence-corrected chi connectivity index (χ0v) is 17.0. The number of hydrogen-bond acceptors (Lipinski definition) is 3. The van der Waals surface area contributed by atoms with Crippen molar-refractivity contribution in [2.45, 2.75) is 33.1 Å². The van der Waals surface area contributed by atoms with Crippen LogP contribution in [0.2, 0.25) is 5.02 Å². The highest BCUT2D eigenvalue weighted by Crippen LogP contribution is 2.28. The topological polar surface area (TPSA) is 75.4 Å². The number of rotatable bonds is 6. The Morgan fingerprint density at radius 2 is 2.12 bits per heavy atom. The van der Waals surface area contributed by atoms with Gasteiger partial charge in [0.05, 0.1) is 5.92 Å². The second-order valence-electron chi connectivity index (χ2n) is 7.36. The Bertz CT molecular complexity index is 623. The maximum atomic E-state index is 13.0. The molecule has 1 unspecified atom stereocenters. The van der Waals surface area contributed by atoms with E-state index in [0.717, 1.165) is 18.4 Å². The van der Waals surface area contributed by atoms with Gasteiger partial charge in [-0.2, -0.15) is 0 Å². The molecule has 2 rings (SSSR count). The summed E-state index contributed by atoms with van der Waals surface area (Å²) in [4.78, 5) is 27.1. The van der Waals surface area contributed by atoms with Crippen LogP contribution in [-0.2, 0) is 16.0 Å². The molecule has 0 saturated carbocycles. The molecule has 3 N–H and O–H groups in total. The Hall–Kier alpha value is -1.30. The van der Waals surface area contributed by atoms with Crippen molar-refractivity contribution in [3.63, 3.8) is 0 Å². The molecule has 1 aromatic carbocycles. The third-order valence-corrected chi connectivity index (χ3v) is 4.87. The summed E-state index contributed by atoms with van der Waals surface area (Å²) in [5.74, 6) is -0.0642. The van der Waals surface area contributed by atoms with Gasteiger partial charge in [-0.05, 0) is 37.0 Å². The number of amides is 2. The van der Waals surface area contributed by atoms with Crippen molar-refractivity contribution in [2.24, 2.45) is 17.1 Å². The highest BCUT2D eigenvalue weighted by atomic mass is 35.5. The van der Waals surface area contributed by atoms with Gasteiger partial charge in [0.2, 0.25) is 11.8 Å². The summed E-state index contributed by atoms with van der Waals surface area (Å²) in [5.41, 5.74) is 5.93. The molecule has 1 heterocycles. The lowest BCUT2D eigenvalue weighted by Crippen LogP contribution is -2.50. The molecule has 1 atom stereocenters. The van der Waals surface area contributed by atoms with Gasteiger partial charge in [-0.3, -0.25) is 9.59 Å².